The molecule has 0 N–H and O–H groups in total. The Morgan fingerprint density at radius 1 is 1.17 bits per heavy atom. The summed E-state index contributed by atoms with van der Waals surface area (Å²) in [4.78, 5) is 12.4. The van der Waals surface area contributed by atoms with Crippen LogP contribution in [0.3, 0.4) is 0 Å². The summed E-state index contributed by atoms with van der Waals surface area (Å²) >= 11 is 0. The normalized spacial score (nSPS) is 43.6. The van der Waals surface area contributed by atoms with Crippen LogP contribution in [0.5, 0.6) is 0 Å². The second-order valence-corrected chi connectivity index (χ2v) is 7.82. The Morgan fingerprint density at radius 2 is 1.96 bits per heavy atom. The number of hydrogen-bond donors (Lipinski definition) is 0. The lowest BCUT2D eigenvalue weighted by Gasteiger charge is -2.35. The molecule has 1 aromatic carbocycles. The summed E-state index contributed by atoms with van der Waals surface area (Å²) in [5.74, 6) is 1.19. The zero-order valence-corrected chi connectivity index (χ0v) is 13.4. The first-order chi connectivity index (χ1) is 11.1. The molecule has 23 heavy (non-hydrogen) atoms. The van der Waals surface area contributed by atoms with E-state index in [9.17, 15) is 4.79 Å². The Labute approximate surface area is 136 Å². The molecule has 0 amide bonds. The standard InChI is InChI=1S/C20H22O3/c1-19-11-12-20(23-19,14-7-8-14)15-9-10-16(17(15)19)22-18(21)13-5-3-2-4-6-13/h2-6,9-10,14-17H,7-8,11-12H2,1H3/t15-,16-,17-,19-,20-/m0/s1. The Kier molecular flexibility index (Phi) is 2.68. The number of rotatable bonds is 3. The molecule has 4 aliphatic rings. The molecule has 1 aromatic rings. The summed E-state index contributed by atoms with van der Waals surface area (Å²) in [6.07, 6.45) is 9.07. The third kappa shape index (κ3) is 1.83. The third-order valence-electron chi connectivity index (χ3n) is 6.47. The van der Waals surface area contributed by atoms with Crippen molar-refractivity contribution in [3.8, 4) is 0 Å². The second kappa shape index (κ2) is 4.47. The predicted molar refractivity (Wildman–Crippen MR) is 85.9 cm³/mol. The summed E-state index contributed by atoms with van der Waals surface area (Å²) in [6, 6.07) is 9.26. The van der Waals surface area contributed by atoms with Crippen LogP contribution in [0.1, 0.15) is 43.0 Å². The largest absolute Gasteiger partial charge is 0.454 e. The lowest BCUT2D eigenvalue weighted by Crippen LogP contribution is -2.43. The van der Waals surface area contributed by atoms with Gasteiger partial charge in [-0.05, 0) is 56.7 Å². The van der Waals surface area contributed by atoms with E-state index in [1.165, 1.54) is 19.3 Å². The molecule has 120 valence electrons. The second-order valence-electron chi connectivity index (χ2n) is 7.82. The average molecular weight is 310 g/mol. The van der Waals surface area contributed by atoms with Crippen molar-refractivity contribution >= 4 is 5.97 Å². The minimum Gasteiger partial charge on any atom is -0.454 e. The van der Waals surface area contributed by atoms with Gasteiger partial charge in [-0.25, -0.2) is 4.79 Å². The summed E-state index contributed by atoms with van der Waals surface area (Å²) in [5, 5.41) is 0. The molecule has 0 aromatic heterocycles. The van der Waals surface area contributed by atoms with E-state index in [1.54, 1.807) is 0 Å². The maximum Gasteiger partial charge on any atom is 0.338 e. The van der Waals surface area contributed by atoms with Gasteiger partial charge in [-0.3, -0.25) is 0 Å². The van der Waals surface area contributed by atoms with E-state index in [2.05, 4.69) is 19.1 Å². The number of carbonyl (C=O) groups is 1. The Balaban J connectivity index is 1.40. The number of ether oxygens (including phenoxy) is 2. The quantitative estimate of drug-likeness (QED) is 0.630. The van der Waals surface area contributed by atoms with E-state index in [1.807, 2.05) is 30.3 Å². The maximum absolute atomic E-state index is 12.4. The van der Waals surface area contributed by atoms with E-state index in [-0.39, 0.29) is 29.2 Å². The number of carbonyl (C=O) groups excluding carboxylic acids is 1. The highest BCUT2D eigenvalue weighted by atomic mass is 16.6. The van der Waals surface area contributed by atoms with Crippen LogP contribution in [0.2, 0.25) is 0 Å². The van der Waals surface area contributed by atoms with E-state index in [4.69, 9.17) is 9.47 Å². The van der Waals surface area contributed by atoms with Crippen molar-refractivity contribution < 1.29 is 14.3 Å². The van der Waals surface area contributed by atoms with Crippen molar-refractivity contribution in [2.24, 2.45) is 17.8 Å². The van der Waals surface area contributed by atoms with Gasteiger partial charge in [-0.1, -0.05) is 24.3 Å². The molecule has 2 aliphatic heterocycles. The van der Waals surface area contributed by atoms with Gasteiger partial charge in [0.15, 0.2) is 0 Å². The average Bonchev–Trinajstić information content (AvgIpc) is 3.16. The predicted octanol–water partition coefficient (Wildman–Crippen LogP) is 3.75. The monoisotopic (exact) mass is 310 g/mol. The molecule has 2 saturated heterocycles. The topological polar surface area (TPSA) is 35.5 Å². The highest BCUT2D eigenvalue weighted by Crippen LogP contribution is 2.67. The van der Waals surface area contributed by atoms with Gasteiger partial charge >= 0.3 is 5.97 Å². The molecule has 5 rings (SSSR count). The molecule has 2 heterocycles. The third-order valence-corrected chi connectivity index (χ3v) is 6.47. The number of esters is 1. The fourth-order valence-electron chi connectivity index (χ4n) is 5.33. The van der Waals surface area contributed by atoms with Gasteiger partial charge < -0.3 is 9.47 Å². The van der Waals surface area contributed by atoms with Gasteiger partial charge in [0.05, 0.1) is 16.8 Å². The Morgan fingerprint density at radius 3 is 2.70 bits per heavy atom. The molecule has 0 spiro atoms. The first kappa shape index (κ1) is 13.8. The van der Waals surface area contributed by atoms with Crippen LogP contribution in [-0.2, 0) is 9.47 Å². The van der Waals surface area contributed by atoms with Crippen molar-refractivity contribution in [3.63, 3.8) is 0 Å². The molecule has 3 heteroatoms. The molecule has 0 unspecified atom stereocenters. The first-order valence-electron chi connectivity index (χ1n) is 8.77. The fourth-order valence-corrected chi connectivity index (χ4v) is 5.33. The summed E-state index contributed by atoms with van der Waals surface area (Å²) in [6.45, 7) is 2.22. The van der Waals surface area contributed by atoms with E-state index in [0.29, 0.717) is 17.4 Å². The molecule has 0 radical (unpaired) electrons. The van der Waals surface area contributed by atoms with Crippen LogP contribution in [0.15, 0.2) is 42.5 Å². The summed E-state index contributed by atoms with van der Waals surface area (Å²) in [5.41, 5.74) is 0.512. The van der Waals surface area contributed by atoms with Gasteiger partial charge in [0.1, 0.15) is 6.10 Å². The van der Waals surface area contributed by atoms with Gasteiger partial charge in [0.2, 0.25) is 0 Å². The Hall–Kier alpha value is -1.61. The van der Waals surface area contributed by atoms with Crippen LogP contribution in [-0.4, -0.2) is 23.3 Å². The van der Waals surface area contributed by atoms with Crippen molar-refractivity contribution in [2.45, 2.75) is 49.9 Å². The SMILES string of the molecule is C[C@@]12CC[C@@](C3CC3)(O1)[C@H]1C=C[C@H](OC(=O)c3ccccc3)[C@H]12. The van der Waals surface area contributed by atoms with Crippen molar-refractivity contribution in [3.05, 3.63) is 48.0 Å². The maximum atomic E-state index is 12.4. The van der Waals surface area contributed by atoms with Gasteiger partial charge in [-0.15, -0.1) is 0 Å². The Bertz CT molecular complexity index is 677. The summed E-state index contributed by atoms with van der Waals surface area (Å²) in [7, 11) is 0. The van der Waals surface area contributed by atoms with Crippen LogP contribution in [0.25, 0.3) is 0 Å². The summed E-state index contributed by atoms with van der Waals surface area (Å²) < 4.78 is 12.5. The lowest BCUT2D eigenvalue weighted by atomic mass is 9.66. The molecular weight excluding hydrogens is 288 g/mol. The van der Waals surface area contributed by atoms with Crippen molar-refractivity contribution in [1.29, 1.82) is 0 Å². The van der Waals surface area contributed by atoms with Crippen LogP contribution < -0.4 is 0 Å². The van der Waals surface area contributed by atoms with Crippen molar-refractivity contribution in [2.75, 3.05) is 0 Å². The first-order valence-corrected chi connectivity index (χ1v) is 8.77. The minimum atomic E-state index is -0.229. The molecule has 3 fully saturated rings. The van der Waals surface area contributed by atoms with Crippen LogP contribution >= 0.6 is 0 Å². The minimum absolute atomic E-state index is 0.0316. The number of benzene rings is 1. The molecule has 2 bridgehead atoms. The zero-order chi connectivity index (χ0) is 15.7. The number of hydrogen-bond acceptors (Lipinski definition) is 3. The van der Waals surface area contributed by atoms with Gasteiger partial charge in [0.25, 0.3) is 0 Å². The fraction of sp³-hybridized carbons (Fsp3) is 0.550. The highest BCUT2D eigenvalue weighted by molar-refractivity contribution is 5.89. The zero-order valence-electron chi connectivity index (χ0n) is 13.4. The van der Waals surface area contributed by atoms with Crippen molar-refractivity contribution in [1.82, 2.24) is 0 Å². The van der Waals surface area contributed by atoms with Gasteiger partial charge in [0, 0.05) is 11.8 Å². The molecular formula is C20H22O3. The van der Waals surface area contributed by atoms with E-state index < -0.39 is 0 Å². The molecule has 5 atom stereocenters. The lowest BCUT2D eigenvalue weighted by molar-refractivity contribution is -0.0719. The molecule has 2 aliphatic carbocycles. The van der Waals surface area contributed by atoms with Crippen LogP contribution in [0, 0.1) is 17.8 Å². The van der Waals surface area contributed by atoms with Gasteiger partial charge in [-0.2, -0.15) is 0 Å². The van der Waals surface area contributed by atoms with Crippen LogP contribution in [0.4, 0.5) is 0 Å². The van der Waals surface area contributed by atoms with E-state index >= 15 is 0 Å². The molecule has 3 nitrogen and oxygen atoms in total. The van der Waals surface area contributed by atoms with E-state index in [0.717, 1.165) is 6.42 Å². The molecule has 1 saturated carbocycles. The number of fused-ring (bicyclic) bond motifs is 5. The smallest absolute Gasteiger partial charge is 0.338 e. The highest BCUT2D eigenvalue weighted by Gasteiger charge is 2.71.